The minimum atomic E-state index is -0.581. The molecular formula is C27H39FO2. The predicted molar refractivity (Wildman–Crippen MR) is 123 cm³/mol. The number of rotatable bonds is 8. The first-order valence-corrected chi connectivity index (χ1v) is 11.7. The topological polar surface area (TPSA) is 26.3 Å². The second-order valence-electron chi connectivity index (χ2n) is 8.82. The number of halogens is 1. The van der Waals surface area contributed by atoms with Gasteiger partial charge in [0, 0.05) is 12.3 Å². The Morgan fingerprint density at radius 3 is 2.43 bits per heavy atom. The highest BCUT2D eigenvalue weighted by molar-refractivity contribution is 5.69. The Kier molecular flexibility index (Phi) is 10.9. The number of carbonyl (C=O) groups excluding carboxylic acids is 1. The van der Waals surface area contributed by atoms with E-state index in [0.717, 1.165) is 44.4 Å². The fraction of sp³-hybridized carbons (Fsp3) is 0.593. The molecule has 2 nitrogen and oxygen atoms in total. The SMILES string of the molecule is C/C=C\CCCC(=O)OC(C)C.FC1CCCC1/C=C/CC1Cc2ccccc2C1. The van der Waals surface area contributed by atoms with E-state index in [1.807, 2.05) is 26.8 Å². The highest BCUT2D eigenvalue weighted by atomic mass is 19.1. The van der Waals surface area contributed by atoms with Gasteiger partial charge in [-0.2, -0.15) is 0 Å². The second-order valence-corrected chi connectivity index (χ2v) is 8.82. The van der Waals surface area contributed by atoms with Gasteiger partial charge in [0.2, 0.25) is 0 Å². The molecule has 3 heteroatoms. The lowest BCUT2D eigenvalue weighted by Gasteiger charge is -2.08. The number of ether oxygens (including phenoxy) is 1. The van der Waals surface area contributed by atoms with E-state index < -0.39 is 6.17 Å². The Hall–Kier alpha value is -1.90. The molecule has 0 N–H and O–H groups in total. The molecule has 0 aliphatic heterocycles. The van der Waals surface area contributed by atoms with Crippen molar-refractivity contribution in [3.63, 3.8) is 0 Å². The molecule has 30 heavy (non-hydrogen) atoms. The van der Waals surface area contributed by atoms with Crippen LogP contribution in [0.25, 0.3) is 0 Å². The van der Waals surface area contributed by atoms with E-state index in [0.29, 0.717) is 6.42 Å². The van der Waals surface area contributed by atoms with E-state index in [4.69, 9.17) is 4.74 Å². The molecule has 2 aliphatic rings. The summed E-state index contributed by atoms with van der Waals surface area (Å²) >= 11 is 0. The lowest BCUT2D eigenvalue weighted by Crippen LogP contribution is -2.10. The number of alkyl halides is 1. The van der Waals surface area contributed by atoms with E-state index in [9.17, 15) is 9.18 Å². The van der Waals surface area contributed by atoms with Crippen LogP contribution < -0.4 is 0 Å². The first kappa shape index (κ1) is 24.4. The average Bonchev–Trinajstić information content (AvgIpc) is 3.31. The molecule has 1 aromatic carbocycles. The quantitative estimate of drug-likeness (QED) is 0.256. The molecule has 0 heterocycles. The maximum atomic E-state index is 13.5. The molecule has 1 fully saturated rings. The van der Waals surface area contributed by atoms with Gasteiger partial charge in [-0.15, -0.1) is 0 Å². The fourth-order valence-corrected chi connectivity index (χ4v) is 4.28. The molecule has 3 rings (SSSR count). The second kappa shape index (κ2) is 13.4. The molecule has 1 aromatic rings. The van der Waals surface area contributed by atoms with Gasteiger partial charge in [-0.05, 0) is 89.2 Å². The van der Waals surface area contributed by atoms with Crippen LogP contribution in [0.5, 0.6) is 0 Å². The third-order valence-electron chi connectivity index (χ3n) is 5.82. The number of hydrogen-bond donors (Lipinski definition) is 0. The normalized spacial score (nSPS) is 21.2. The lowest BCUT2D eigenvalue weighted by molar-refractivity contribution is -0.147. The van der Waals surface area contributed by atoms with Crippen LogP contribution in [0.3, 0.4) is 0 Å². The summed E-state index contributed by atoms with van der Waals surface area (Å²) < 4.78 is 18.4. The molecular weight excluding hydrogens is 375 g/mol. The van der Waals surface area contributed by atoms with Crippen LogP contribution in [0.15, 0.2) is 48.6 Å². The monoisotopic (exact) mass is 414 g/mol. The van der Waals surface area contributed by atoms with Crippen LogP contribution in [0.1, 0.15) is 76.8 Å². The fourth-order valence-electron chi connectivity index (χ4n) is 4.28. The van der Waals surface area contributed by atoms with Crippen molar-refractivity contribution in [1.29, 1.82) is 0 Å². The summed E-state index contributed by atoms with van der Waals surface area (Å²) in [5.74, 6) is 0.849. The number of hydrogen-bond acceptors (Lipinski definition) is 2. The predicted octanol–water partition coefficient (Wildman–Crippen LogP) is 7.17. The van der Waals surface area contributed by atoms with Gasteiger partial charge in [-0.1, -0.05) is 48.6 Å². The van der Waals surface area contributed by atoms with E-state index >= 15 is 0 Å². The number of benzene rings is 1. The van der Waals surface area contributed by atoms with Crippen LogP contribution >= 0.6 is 0 Å². The van der Waals surface area contributed by atoms with Crippen LogP contribution in [0.4, 0.5) is 4.39 Å². The molecule has 0 saturated heterocycles. The zero-order valence-electron chi connectivity index (χ0n) is 19.0. The van der Waals surface area contributed by atoms with Gasteiger partial charge >= 0.3 is 5.97 Å². The summed E-state index contributed by atoms with van der Waals surface area (Å²) in [4.78, 5) is 11.0. The zero-order chi connectivity index (χ0) is 21.8. The van der Waals surface area contributed by atoms with Crippen LogP contribution in [0.2, 0.25) is 0 Å². The molecule has 0 spiro atoms. The molecule has 1 saturated carbocycles. The number of fused-ring (bicyclic) bond motifs is 1. The van der Waals surface area contributed by atoms with E-state index in [1.54, 1.807) is 0 Å². The minimum absolute atomic E-state index is 0.0132. The Bertz CT molecular complexity index is 667. The molecule has 2 aliphatic carbocycles. The van der Waals surface area contributed by atoms with E-state index in [2.05, 4.69) is 42.5 Å². The number of esters is 1. The lowest BCUT2D eigenvalue weighted by atomic mass is 9.99. The van der Waals surface area contributed by atoms with Gasteiger partial charge in [0.05, 0.1) is 6.10 Å². The third kappa shape index (κ3) is 8.85. The van der Waals surface area contributed by atoms with Gasteiger partial charge < -0.3 is 4.74 Å². The molecule has 0 aromatic heterocycles. The molecule has 0 bridgehead atoms. The van der Waals surface area contributed by atoms with Crippen LogP contribution in [-0.2, 0) is 22.4 Å². The molecule has 2 unspecified atom stereocenters. The van der Waals surface area contributed by atoms with E-state index in [1.165, 1.54) is 24.0 Å². The molecule has 2 atom stereocenters. The smallest absolute Gasteiger partial charge is 0.306 e. The number of allylic oxidation sites excluding steroid dienone is 4. The summed E-state index contributed by atoms with van der Waals surface area (Å²) in [7, 11) is 0. The van der Waals surface area contributed by atoms with Gasteiger partial charge in [-0.25, -0.2) is 4.39 Å². The Morgan fingerprint density at radius 1 is 1.17 bits per heavy atom. The zero-order valence-corrected chi connectivity index (χ0v) is 19.0. The maximum absolute atomic E-state index is 13.5. The standard InChI is InChI=1S/C17H21F.C10H18O2/c18-17-10-4-9-14(17)8-3-5-13-11-15-6-1-2-7-16(15)12-13;1-4-5-6-7-8-10(11)12-9(2)3/h1-3,6-8,13-14,17H,4-5,9-12H2;4-5,9H,6-8H2,1-3H3/b8-3+;5-4-. The van der Waals surface area contributed by atoms with Crippen molar-refractivity contribution in [2.75, 3.05) is 0 Å². The summed E-state index contributed by atoms with van der Waals surface area (Å²) in [6.45, 7) is 5.71. The van der Waals surface area contributed by atoms with Crippen molar-refractivity contribution in [2.45, 2.75) is 90.8 Å². The summed E-state index contributed by atoms with van der Waals surface area (Å²) in [6, 6.07) is 8.74. The largest absolute Gasteiger partial charge is 0.463 e. The summed E-state index contributed by atoms with van der Waals surface area (Å²) in [5.41, 5.74) is 3.03. The van der Waals surface area contributed by atoms with Crippen LogP contribution in [-0.4, -0.2) is 18.2 Å². The Morgan fingerprint density at radius 2 is 1.87 bits per heavy atom. The van der Waals surface area contributed by atoms with Gasteiger partial charge in [0.25, 0.3) is 0 Å². The minimum Gasteiger partial charge on any atom is -0.463 e. The summed E-state index contributed by atoms with van der Waals surface area (Å²) in [6.07, 6.45) is 16.6. The number of unbranched alkanes of at least 4 members (excludes halogenated alkanes) is 1. The number of carbonyl (C=O) groups is 1. The van der Waals surface area contributed by atoms with Crippen LogP contribution in [0, 0.1) is 11.8 Å². The van der Waals surface area contributed by atoms with Crippen molar-refractivity contribution in [3.05, 3.63) is 59.7 Å². The highest BCUT2D eigenvalue weighted by Crippen LogP contribution is 2.31. The van der Waals surface area contributed by atoms with Crippen molar-refractivity contribution in [2.24, 2.45) is 11.8 Å². The average molecular weight is 415 g/mol. The van der Waals surface area contributed by atoms with Crippen molar-refractivity contribution in [3.8, 4) is 0 Å². The molecule has 166 valence electrons. The van der Waals surface area contributed by atoms with Crippen molar-refractivity contribution >= 4 is 5.97 Å². The van der Waals surface area contributed by atoms with Crippen molar-refractivity contribution in [1.82, 2.24) is 0 Å². The summed E-state index contributed by atoms with van der Waals surface area (Å²) in [5, 5.41) is 0. The van der Waals surface area contributed by atoms with Gasteiger partial charge in [0.15, 0.2) is 0 Å². The van der Waals surface area contributed by atoms with E-state index in [-0.39, 0.29) is 18.0 Å². The highest BCUT2D eigenvalue weighted by Gasteiger charge is 2.24. The third-order valence-corrected chi connectivity index (χ3v) is 5.82. The Labute approximate surface area is 182 Å². The molecule has 0 amide bonds. The van der Waals surface area contributed by atoms with Crippen molar-refractivity contribution < 1.29 is 13.9 Å². The maximum Gasteiger partial charge on any atom is 0.306 e. The first-order valence-electron chi connectivity index (χ1n) is 11.7. The molecule has 0 radical (unpaired) electrons. The van der Waals surface area contributed by atoms with Gasteiger partial charge in [0.1, 0.15) is 6.17 Å². The van der Waals surface area contributed by atoms with Gasteiger partial charge in [-0.3, -0.25) is 4.79 Å². The Balaban J connectivity index is 0.000000235. The first-order chi connectivity index (χ1) is 14.5.